The molecule has 0 radical (unpaired) electrons. The third-order valence-corrected chi connectivity index (χ3v) is 2.43. The van der Waals surface area contributed by atoms with E-state index in [0.29, 0.717) is 11.8 Å². The summed E-state index contributed by atoms with van der Waals surface area (Å²) in [5, 5.41) is 8.16. The van der Waals surface area contributed by atoms with Crippen molar-refractivity contribution in [3.8, 4) is 5.19 Å². The second kappa shape index (κ2) is 5.27. The Kier molecular flexibility index (Phi) is 4.24. The van der Waals surface area contributed by atoms with Crippen LogP contribution >= 0.6 is 27.3 Å². The van der Waals surface area contributed by atoms with Gasteiger partial charge >= 0.3 is 0 Å². The summed E-state index contributed by atoms with van der Waals surface area (Å²) in [6.07, 6.45) is 3.82. The number of hydrogen-bond acceptors (Lipinski definition) is 4. The third-order valence-electron chi connectivity index (χ3n) is 1.16. The van der Waals surface area contributed by atoms with Gasteiger partial charge in [0.2, 0.25) is 0 Å². The van der Waals surface area contributed by atoms with Crippen molar-refractivity contribution in [1.82, 2.24) is 10.2 Å². The Bertz CT molecular complexity index is 251. The van der Waals surface area contributed by atoms with Gasteiger partial charge in [-0.25, -0.2) is 0 Å². The smallest absolute Gasteiger partial charge is 0.294 e. The lowest BCUT2D eigenvalue weighted by molar-refractivity contribution is 0.308. The van der Waals surface area contributed by atoms with Crippen LogP contribution in [0.3, 0.4) is 0 Å². The summed E-state index contributed by atoms with van der Waals surface area (Å²) in [6.45, 7) is 4.30. The number of halogens is 1. The molecule has 5 heteroatoms. The van der Waals surface area contributed by atoms with Crippen LogP contribution in [-0.4, -0.2) is 16.8 Å². The zero-order chi connectivity index (χ0) is 8.81. The minimum atomic E-state index is 0.617. The molecule has 0 spiro atoms. The highest BCUT2D eigenvalue weighted by molar-refractivity contribution is 9.11. The van der Waals surface area contributed by atoms with Crippen LogP contribution in [0, 0.1) is 0 Å². The number of aromatic nitrogens is 2. The maximum absolute atomic E-state index is 5.30. The molecule has 1 heterocycles. The van der Waals surface area contributed by atoms with E-state index in [-0.39, 0.29) is 0 Å². The summed E-state index contributed by atoms with van der Waals surface area (Å²) in [7, 11) is 0. The number of nitrogens with zero attached hydrogens (tertiary/aromatic N) is 2. The Morgan fingerprint density at radius 1 is 1.58 bits per heavy atom. The van der Waals surface area contributed by atoms with E-state index in [0.717, 1.165) is 16.8 Å². The third kappa shape index (κ3) is 3.32. The number of allylic oxidation sites excluding steroid dienone is 1. The van der Waals surface area contributed by atoms with Gasteiger partial charge in [0.1, 0.15) is 0 Å². The van der Waals surface area contributed by atoms with Crippen LogP contribution in [0.2, 0.25) is 0 Å². The average Bonchev–Trinajstić information content (AvgIpc) is 2.45. The Labute approximate surface area is 83.6 Å². The highest BCUT2D eigenvalue weighted by Crippen LogP contribution is 2.22. The normalized spacial score (nSPS) is 9.75. The van der Waals surface area contributed by atoms with Gasteiger partial charge in [-0.15, -0.1) is 11.7 Å². The standard InChI is InChI=1S/C7H9BrN2OS/c1-2-3-4-5-11-7-10-9-6(8)12-7/h2H,1,3-5H2. The highest BCUT2D eigenvalue weighted by Gasteiger charge is 2.00. The number of hydrogen-bond donors (Lipinski definition) is 0. The molecule has 0 saturated heterocycles. The largest absolute Gasteiger partial charge is 0.469 e. The number of rotatable bonds is 5. The van der Waals surface area contributed by atoms with Crippen molar-refractivity contribution in [2.45, 2.75) is 12.8 Å². The maximum atomic E-state index is 5.30. The summed E-state index contributed by atoms with van der Waals surface area (Å²) in [6, 6.07) is 0. The number of ether oxygens (including phenoxy) is 1. The molecule has 0 aliphatic carbocycles. The van der Waals surface area contributed by atoms with Crippen molar-refractivity contribution in [3.05, 3.63) is 16.6 Å². The quantitative estimate of drug-likeness (QED) is 0.594. The van der Waals surface area contributed by atoms with E-state index in [1.165, 1.54) is 11.3 Å². The molecule has 0 saturated carbocycles. The van der Waals surface area contributed by atoms with Crippen molar-refractivity contribution in [1.29, 1.82) is 0 Å². The SMILES string of the molecule is C=CCCCOc1nnc(Br)s1. The molecule has 0 atom stereocenters. The first kappa shape index (κ1) is 9.67. The van der Waals surface area contributed by atoms with Crippen LogP contribution in [0.15, 0.2) is 16.6 Å². The summed E-state index contributed by atoms with van der Waals surface area (Å²) < 4.78 is 6.05. The van der Waals surface area contributed by atoms with Gasteiger partial charge in [-0.3, -0.25) is 0 Å². The molecule has 66 valence electrons. The van der Waals surface area contributed by atoms with E-state index in [4.69, 9.17) is 4.74 Å². The Morgan fingerprint density at radius 3 is 3.00 bits per heavy atom. The Balaban J connectivity index is 2.19. The molecule has 0 unspecified atom stereocenters. The molecule has 0 aliphatic heterocycles. The summed E-state index contributed by atoms with van der Waals surface area (Å²) in [4.78, 5) is 0. The highest BCUT2D eigenvalue weighted by atomic mass is 79.9. The van der Waals surface area contributed by atoms with Gasteiger partial charge in [0.25, 0.3) is 5.19 Å². The van der Waals surface area contributed by atoms with E-state index in [9.17, 15) is 0 Å². The van der Waals surface area contributed by atoms with Crippen LogP contribution in [0.1, 0.15) is 12.8 Å². The van der Waals surface area contributed by atoms with E-state index in [2.05, 4.69) is 32.7 Å². The van der Waals surface area contributed by atoms with Gasteiger partial charge in [0.15, 0.2) is 3.92 Å². The van der Waals surface area contributed by atoms with Crippen molar-refractivity contribution in [2.75, 3.05) is 6.61 Å². The predicted octanol–water partition coefficient (Wildman–Crippen LogP) is 2.65. The van der Waals surface area contributed by atoms with E-state index >= 15 is 0 Å². The lowest BCUT2D eigenvalue weighted by Gasteiger charge is -1.97. The topological polar surface area (TPSA) is 35.0 Å². The summed E-state index contributed by atoms with van der Waals surface area (Å²) >= 11 is 4.60. The van der Waals surface area contributed by atoms with Gasteiger partial charge in [-0.05, 0) is 40.1 Å². The van der Waals surface area contributed by atoms with Gasteiger partial charge in [-0.1, -0.05) is 11.2 Å². The first-order chi connectivity index (χ1) is 5.83. The molecular formula is C7H9BrN2OS. The first-order valence-corrected chi connectivity index (χ1v) is 5.16. The van der Waals surface area contributed by atoms with Crippen molar-refractivity contribution < 1.29 is 4.74 Å². The average molecular weight is 249 g/mol. The van der Waals surface area contributed by atoms with E-state index < -0.39 is 0 Å². The van der Waals surface area contributed by atoms with Gasteiger partial charge in [0.05, 0.1) is 6.61 Å². The molecule has 1 aromatic heterocycles. The van der Waals surface area contributed by atoms with Crippen molar-refractivity contribution in [2.24, 2.45) is 0 Å². The minimum absolute atomic E-state index is 0.617. The fourth-order valence-corrected chi connectivity index (χ4v) is 1.58. The molecule has 0 aliphatic rings. The molecule has 3 nitrogen and oxygen atoms in total. The molecule has 1 aromatic rings. The number of unbranched alkanes of at least 4 members (excludes halogenated alkanes) is 1. The van der Waals surface area contributed by atoms with E-state index in [1.54, 1.807) is 0 Å². The lowest BCUT2D eigenvalue weighted by Crippen LogP contribution is -1.95. The summed E-state index contributed by atoms with van der Waals surface area (Å²) in [5.74, 6) is 0. The molecular weight excluding hydrogens is 240 g/mol. The molecule has 12 heavy (non-hydrogen) atoms. The van der Waals surface area contributed by atoms with Crippen molar-refractivity contribution >= 4 is 27.3 Å². The lowest BCUT2D eigenvalue weighted by atomic mass is 10.3. The second-order valence-electron chi connectivity index (χ2n) is 2.10. The van der Waals surface area contributed by atoms with Crippen molar-refractivity contribution in [3.63, 3.8) is 0 Å². The Morgan fingerprint density at radius 2 is 2.42 bits per heavy atom. The molecule has 0 N–H and O–H groups in total. The molecule has 0 aromatic carbocycles. The maximum Gasteiger partial charge on any atom is 0.294 e. The van der Waals surface area contributed by atoms with Crippen LogP contribution in [0.25, 0.3) is 0 Å². The fraction of sp³-hybridized carbons (Fsp3) is 0.429. The first-order valence-electron chi connectivity index (χ1n) is 3.55. The molecule has 0 fully saturated rings. The molecule has 0 amide bonds. The van der Waals surface area contributed by atoms with Crippen LogP contribution in [0.4, 0.5) is 0 Å². The van der Waals surface area contributed by atoms with Gasteiger partial charge in [-0.2, -0.15) is 0 Å². The van der Waals surface area contributed by atoms with Crippen LogP contribution in [-0.2, 0) is 0 Å². The molecule has 0 bridgehead atoms. The Hall–Kier alpha value is -0.420. The van der Waals surface area contributed by atoms with Crippen LogP contribution in [0.5, 0.6) is 5.19 Å². The minimum Gasteiger partial charge on any atom is -0.469 e. The predicted molar refractivity (Wildman–Crippen MR) is 52.5 cm³/mol. The summed E-state index contributed by atoms with van der Waals surface area (Å²) in [5.41, 5.74) is 0. The zero-order valence-electron chi connectivity index (χ0n) is 6.49. The van der Waals surface area contributed by atoms with Gasteiger partial charge in [0, 0.05) is 0 Å². The zero-order valence-corrected chi connectivity index (χ0v) is 8.90. The molecule has 1 rings (SSSR count). The van der Waals surface area contributed by atoms with E-state index in [1.807, 2.05) is 6.08 Å². The fourth-order valence-electron chi connectivity index (χ4n) is 0.638. The van der Waals surface area contributed by atoms with Gasteiger partial charge < -0.3 is 4.74 Å². The van der Waals surface area contributed by atoms with Crippen LogP contribution < -0.4 is 4.74 Å². The monoisotopic (exact) mass is 248 g/mol. The second-order valence-corrected chi connectivity index (χ2v) is 4.32.